The summed E-state index contributed by atoms with van der Waals surface area (Å²) in [5.74, 6) is -1.52. The molecule has 0 atom stereocenters. The van der Waals surface area contributed by atoms with E-state index >= 15 is 0 Å². The van der Waals surface area contributed by atoms with Crippen molar-refractivity contribution in [2.75, 3.05) is 26.2 Å². The molecule has 0 radical (unpaired) electrons. The molecule has 2 aromatic rings. The van der Waals surface area contributed by atoms with Gasteiger partial charge >= 0.3 is 0 Å². The Kier molecular flexibility index (Phi) is 6.57. The summed E-state index contributed by atoms with van der Waals surface area (Å²) in [4.78, 5) is 1.74. The molecule has 7 heteroatoms. The molecule has 0 saturated carbocycles. The number of nitrogens with zero attached hydrogens (tertiary/aromatic N) is 1. The van der Waals surface area contributed by atoms with Gasteiger partial charge < -0.3 is 4.90 Å². The molecule has 146 valence electrons. The molecular weight excluding hydrogens is 370 g/mol. The second-order valence-corrected chi connectivity index (χ2v) is 8.68. The fraction of sp³-hybridized carbons (Fsp3) is 0.400. The monoisotopic (exact) mass is 394 g/mol. The predicted molar refractivity (Wildman–Crippen MR) is 101 cm³/mol. The van der Waals surface area contributed by atoms with Crippen molar-refractivity contribution < 1.29 is 17.2 Å². The van der Waals surface area contributed by atoms with E-state index in [-0.39, 0.29) is 12.5 Å². The number of sulfonamides is 1. The van der Waals surface area contributed by atoms with Crippen LogP contribution < -0.4 is 4.72 Å². The molecule has 0 unspecified atom stereocenters. The van der Waals surface area contributed by atoms with Crippen molar-refractivity contribution in [2.24, 2.45) is 5.92 Å². The number of rotatable bonds is 7. The lowest BCUT2D eigenvalue weighted by Crippen LogP contribution is -2.39. The van der Waals surface area contributed by atoms with Gasteiger partial charge in [-0.2, -0.15) is 0 Å². The molecule has 0 aliphatic carbocycles. The van der Waals surface area contributed by atoms with E-state index in [0.29, 0.717) is 6.07 Å². The maximum absolute atomic E-state index is 13.7. The van der Waals surface area contributed by atoms with Gasteiger partial charge in [-0.05, 0) is 62.0 Å². The van der Waals surface area contributed by atoms with Gasteiger partial charge in [-0.15, -0.1) is 0 Å². The molecule has 1 N–H and O–H groups in total. The molecule has 1 fully saturated rings. The molecule has 3 rings (SSSR count). The quantitative estimate of drug-likeness (QED) is 0.785. The SMILES string of the molecule is O=S(=O)(NCC1CCN(CCc2ccccc2)CC1)c1cc(F)ccc1F. The van der Waals surface area contributed by atoms with Crippen LogP contribution in [-0.4, -0.2) is 39.5 Å². The first kappa shape index (κ1) is 19.9. The lowest BCUT2D eigenvalue weighted by Gasteiger charge is -2.32. The van der Waals surface area contributed by atoms with E-state index in [2.05, 4.69) is 21.8 Å². The Hall–Kier alpha value is -1.83. The van der Waals surface area contributed by atoms with Crippen LogP contribution >= 0.6 is 0 Å². The highest BCUT2D eigenvalue weighted by Crippen LogP contribution is 2.19. The first-order chi connectivity index (χ1) is 12.9. The molecule has 1 aliphatic rings. The number of benzene rings is 2. The van der Waals surface area contributed by atoms with E-state index in [9.17, 15) is 17.2 Å². The normalized spacial score (nSPS) is 16.5. The Bertz CT molecular complexity index is 852. The molecule has 1 heterocycles. The maximum atomic E-state index is 13.7. The molecule has 1 aliphatic heterocycles. The number of likely N-dealkylation sites (tertiary alicyclic amines) is 1. The number of hydrogen-bond donors (Lipinski definition) is 1. The van der Waals surface area contributed by atoms with Crippen molar-refractivity contribution in [3.8, 4) is 0 Å². The van der Waals surface area contributed by atoms with Gasteiger partial charge in [0, 0.05) is 13.1 Å². The van der Waals surface area contributed by atoms with Gasteiger partial charge in [0.05, 0.1) is 0 Å². The van der Waals surface area contributed by atoms with Crippen molar-refractivity contribution in [2.45, 2.75) is 24.2 Å². The topological polar surface area (TPSA) is 49.4 Å². The van der Waals surface area contributed by atoms with Crippen LogP contribution in [0.4, 0.5) is 8.78 Å². The van der Waals surface area contributed by atoms with Crippen LogP contribution in [0.5, 0.6) is 0 Å². The second kappa shape index (κ2) is 8.91. The Morgan fingerprint density at radius 1 is 1.04 bits per heavy atom. The average Bonchev–Trinajstić information content (AvgIpc) is 2.68. The molecule has 0 bridgehead atoms. The first-order valence-corrected chi connectivity index (χ1v) is 10.6. The molecule has 2 aromatic carbocycles. The van der Waals surface area contributed by atoms with Gasteiger partial charge in [0.1, 0.15) is 16.5 Å². The Labute approximate surface area is 159 Å². The summed E-state index contributed by atoms with van der Waals surface area (Å²) in [6, 6.07) is 12.8. The minimum absolute atomic E-state index is 0.198. The van der Waals surface area contributed by atoms with Crippen LogP contribution in [0.25, 0.3) is 0 Å². The van der Waals surface area contributed by atoms with Gasteiger partial charge in [0.15, 0.2) is 0 Å². The summed E-state index contributed by atoms with van der Waals surface area (Å²) in [6.07, 6.45) is 2.75. The number of piperidine rings is 1. The summed E-state index contributed by atoms with van der Waals surface area (Å²) >= 11 is 0. The molecule has 0 amide bonds. The fourth-order valence-corrected chi connectivity index (χ4v) is 4.54. The lowest BCUT2D eigenvalue weighted by atomic mass is 9.97. The molecular formula is C20H24F2N2O2S. The Morgan fingerprint density at radius 2 is 1.74 bits per heavy atom. The van der Waals surface area contributed by atoms with E-state index < -0.39 is 26.6 Å². The highest BCUT2D eigenvalue weighted by molar-refractivity contribution is 7.89. The molecule has 0 aromatic heterocycles. The van der Waals surface area contributed by atoms with Gasteiger partial charge in [0.25, 0.3) is 0 Å². The van der Waals surface area contributed by atoms with Gasteiger partial charge in [-0.3, -0.25) is 0 Å². The van der Waals surface area contributed by atoms with Gasteiger partial charge in [-0.1, -0.05) is 30.3 Å². The first-order valence-electron chi connectivity index (χ1n) is 9.15. The van der Waals surface area contributed by atoms with E-state index in [4.69, 9.17) is 0 Å². The van der Waals surface area contributed by atoms with E-state index in [1.54, 1.807) is 0 Å². The Morgan fingerprint density at radius 3 is 2.44 bits per heavy atom. The summed E-state index contributed by atoms with van der Waals surface area (Å²) < 4.78 is 53.9. The highest BCUT2D eigenvalue weighted by atomic mass is 32.2. The lowest BCUT2D eigenvalue weighted by molar-refractivity contribution is 0.187. The molecule has 4 nitrogen and oxygen atoms in total. The van der Waals surface area contributed by atoms with Crippen LogP contribution in [-0.2, 0) is 16.4 Å². The van der Waals surface area contributed by atoms with Crippen LogP contribution in [0.2, 0.25) is 0 Å². The van der Waals surface area contributed by atoms with Crippen molar-refractivity contribution in [1.29, 1.82) is 0 Å². The zero-order chi connectivity index (χ0) is 19.3. The maximum Gasteiger partial charge on any atom is 0.243 e. The zero-order valence-corrected chi connectivity index (χ0v) is 15.9. The number of halogens is 2. The van der Waals surface area contributed by atoms with Crippen molar-refractivity contribution in [3.63, 3.8) is 0 Å². The highest BCUT2D eigenvalue weighted by Gasteiger charge is 2.24. The zero-order valence-electron chi connectivity index (χ0n) is 15.1. The summed E-state index contributed by atoms with van der Waals surface area (Å²) in [6.45, 7) is 3.04. The van der Waals surface area contributed by atoms with E-state index in [1.807, 2.05) is 18.2 Å². The standard InChI is InChI=1S/C20H24F2N2O2S/c21-18-6-7-19(22)20(14-18)27(25,26)23-15-17-9-12-24(13-10-17)11-8-16-4-2-1-3-5-16/h1-7,14,17,23H,8-13,15H2. The summed E-state index contributed by atoms with van der Waals surface area (Å²) in [7, 11) is -4.05. The number of nitrogens with one attached hydrogen (secondary N) is 1. The van der Waals surface area contributed by atoms with E-state index in [1.165, 1.54) is 5.56 Å². The second-order valence-electron chi connectivity index (χ2n) is 6.95. The van der Waals surface area contributed by atoms with Crippen LogP contribution in [0.1, 0.15) is 18.4 Å². The summed E-state index contributed by atoms with van der Waals surface area (Å²) in [5, 5.41) is 0. The minimum Gasteiger partial charge on any atom is -0.303 e. The van der Waals surface area contributed by atoms with Crippen LogP contribution in [0.3, 0.4) is 0 Å². The Balaban J connectivity index is 1.46. The smallest absolute Gasteiger partial charge is 0.243 e. The molecule has 1 saturated heterocycles. The van der Waals surface area contributed by atoms with Crippen molar-refractivity contribution in [3.05, 3.63) is 65.7 Å². The largest absolute Gasteiger partial charge is 0.303 e. The third-order valence-corrected chi connectivity index (χ3v) is 6.45. The van der Waals surface area contributed by atoms with Gasteiger partial charge in [0.2, 0.25) is 10.0 Å². The van der Waals surface area contributed by atoms with Crippen molar-refractivity contribution in [1.82, 2.24) is 9.62 Å². The average molecular weight is 394 g/mol. The minimum atomic E-state index is -4.05. The van der Waals surface area contributed by atoms with Crippen molar-refractivity contribution >= 4 is 10.0 Å². The third-order valence-electron chi connectivity index (χ3n) is 5.01. The predicted octanol–water partition coefficient (Wildman–Crippen LogP) is 3.20. The summed E-state index contributed by atoms with van der Waals surface area (Å²) in [5.41, 5.74) is 1.31. The molecule has 0 spiro atoms. The van der Waals surface area contributed by atoms with E-state index in [0.717, 1.165) is 51.0 Å². The molecule has 27 heavy (non-hydrogen) atoms. The fourth-order valence-electron chi connectivity index (χ4n) is 3.33. The number of hydrogen-bond acceptors (Lipinski definition) is 3. The van der Waals surface area contributed by atoms with Crippen LogP contribution in [0, 0.1) is 17.6 Å². The van der Waals surface area contributed by atoms with Crippen LogP contribution in [0.15, 0.2) is 53.4 Å². The van der Waals surface area contributed by atoms with Gasteiger partial charge in [-0.25, -0.2) is 21.9 Å². The third kappa shape index (κ3) is 5.57.